The Hall–Kier alpha value is -2.26. The zero-order chi connectivity index (χ0) is 19.2. The average Bonchev–Trinajstić information content (AvgIpc) is 3.14. The Balaban J connectivity index is 1.75. The molecule has 1 aliphatic heterocycles. The Morgan fingerprint density at radius 1 is 1.19 bits per heavy atom. The normalized spacial score (nSPS) is 14.3. The number of carbonyl (C=O) groups is 1. The highest BCUT2D eigenvalue weighted by molar-refractivity contribution is 7.99. The number of aromatic nitrogens is 3. The maximum Gasteiger partial charge on any atom is 0.233 e. The number of ether oxygens (including phenoxy) is 3. The minimum atomic E-state index is 0.0987. The van der Waals surface area contributed by atoms with Crippen LogP contribution in [0.25, 0.3) is 11.4 Å². The van der Waals surface area contributed by atoms with E-state index < -0.39 is 0 Å². The number of carbonyl (C=O) groups excluding carboxylic acids is 1. The zero-order valence-electron chi connectivity index (χ0n) is 15.8. The Morgan fingerprint density at radius 3 is 2.59 bits per heavy atom. The zero-order valence-corrected chi connectivity index (χ0v) is 16.6. The number of hydrogen-bond acceptors (Lipinski definition) is 7. The molecule has 1 fully saturated rings. The van der Waals surface area contributed by atoms with Crippen LogP contribution in [0.2, 0.25) is 0 Å². The lowest BCUT2D eigenvalue weighted by atomic mass is 10.2. The van der Waals surface area contributed by atoms with E-state index in [4.69, 9.17) is 14.2 Å². The van der Waals surface area contributed by atoms with Gasteiger partial charge in [0, 0.05) is 25.2 Å². The fourth-order valence-electron chi connectivity index (χ4n) is 2.90. The first-order valence-corrected chi connectivity index (χ1v) is 9.80. The molecule has 0 radical (unpaired) electrons. The van der Waals surface area contributed by atoms with E-state index in [0.717, 1.165) is 16.5 Å². The molecule has 9 heteroatoms. The third-order valence-electron chi connectivity index (χ3n) is 4.36. The van der Waals surface area contributed by atoms with Crippen LogP contribution in [0.15, 0.2) is 23.4 Å². The predicted molar refractivity (Wildman–Crippen MR) is 102 cm³/mol. The largest absolute Gasteiger partial charge is 0.493 e. The van der Waals surface area contributed by atoms with Crippen LogP contribution < -0.4 is 9.47 Å². The van der Waals surface area contributed by atoms with Crippen molar-refractivity contribution in [2.24, 2.45) is 0 Å². The van der Waals surface area contributed by atoms with Crippen LogP contribution in [0, 0.1) is 0 Å². The second-order valence-electron chi connectivity index (χ2n) is 5.90. The first-order valence-electron chi connectivity index (χ1n) is 8.81. The van der Waals surface area contributed by atoms with Crippen molar-refractivity contribution in [3.63, 3.8) is 0 Å². The molecule has 3 rings (SSSR count). The Morgan fingerprint density at radius 2 is 1.93 bits per heavy atom. The Kier molecular flexibility index (Phi) is 6.57. The lowest BCUT2D eigenvalue weighted by Crippen LogP contribution is -2.41. The van der Waals surface area contributed by atoms with Gasteiger partial charge >= 0.3 is 0 Å². The number of hydrogen-bond donors (Lipinski definition) is 0. The van der Waals surface area contributed by atoms with Crippen LogP contribution in [-0.2, 0) is 16.1 Å². The van der Waals surface area contributed by atoms with Gasteiger partial charge in [0.15, 0.2) is 22.5 Å². The monoisotopic (exact) mass is 392 g/mol. The molecule has 1 aromatic heterocycles. The van der Waals surface area contributed by atoms with Gasteiger partial charge in [0.2, 0.25) is 5.91 Å². The van der Waals surface area contributed by atoms with E-state index in [0.29, 0.717) is 50.1 Å². The number of thioether (sulfide) groups is 1. The average molecular weight is 392 g/mol. The number of amides is 1. The van der Waals surface area contributed by atoms with Crippen LogP contribution in [0.1, 0.15) is 6.92 Å². The van der Waals surface area contributed by atoms with Gasteiger partial charge in [0.1, 0.15) is 0 Å². The molecule has 0 bridgehead atoms. The van der Waals surface area contributed by atoms with Crippen molar-refractivity contribution in [3.05, 3.63) is 18.2 Å². The first-order chi connectivity index (χ1) is 13.2. The van der Waals surface area contributed by atoms with Gasteiger partial charge in [-0.15, -0.1) is 10.2 Å². The van der Waals surface area contributed by atoms with Crippen molar-refractivity contribution in [3.8, 4) is 22.9 Å². The summed E-state index contributed by atoms with van der Waals surface area (Å²) < 4.78 is 18.0. The fourth-order valence-corrected chi connectivity index (χ4v) is 3.80. The Labute approximate surface area is 162 Å². The van der Waals surface area contributed by atoms with Crippen molar-refractivity contribution >= 4 is 17.7 Å². The van der Waals surface area contributed by atoms with Crippen molar-refractivity contribution in [2.45, 2.75) is 18.6 Å². The lowest BCUT2D eigenvalue weighted by molar-refractivity contribution is -0.132. The van der Waals surface area contributed by atoms with Crippen LogP contribution in [0.4, 0.5) is 0 Å². The van der Waals surface area contributed by atoms with Gasteiger partial charge < -0.3 is 23.7 Å². The summed E-state index contributed by atoms with van der Waals surface area (Å²) >= 11 is 1.41. The van der Waals surface area contributed by atoms with E-state index >= 15 is 0 Å². The Bertz CT molecular complexity index is 790. The third-order valence-corrected chi connectivity index (χ3v) is 5.31. The highest BCUT2D eigenvalue weighted by atomic mass is 32.2. The van der Waals surface area contributed by atoms with Gasteiger partial charge in [-0.2, -0.15) is 0 Å². The lowest BCUT2D eigenvalue weighted by Gasteiger charge is -2.26. The molecule has 0 aliphatic carbocycles. The molecule has 1 aromatic carbocycles. The molecule has 0 spiro atoms. The standard InChI is InChI=1S/C18H24N4O4S/c1-4-22-17(13-5-6-14(24-2)15(11-13)25-3)19-20-18(22)27-12-16(23)21-7-9-26-10-8-21/h5-6,11H,4,7-10,12H2,1-3H3. The highest BCUT2D eigenvalue weighted by Gasteiger charge is 2.20. The van der Waals surface area contributed by atoms with Crippen LogP contribution >= 0.6 is 11.8 Å². The number of benzene rings is 1. The van der Waals surface area contributed by atoms with E-state index in [1.807, 2.05) is 34.6 Å². The molecule has 1 saturated heterocycles. The van der Waals surface area contributed by atoms with Crippen molar-refractivity contribution in [1.29, 1.82) is 0 Å². The van der Waals surface area contributed by atoms with Crippen LogP contribution in [-0.4, -0.2) is 71.8 Å². The van der Waals surface area contributed by atoms with E-state index in [2.05, 4.69) is 10.2 Å². The number of morpholine rings is 1. The van der Waals surface area contributed by atoms with E-state index in [1.54, 1.807) is 14.2 Å². The molecule has 0 saturated carbocycles. The molecule has 1 amide bonds. The van der Waals surface area contributed by atoms with Gasteiger partial charge in [-0.1, -0.05) is 11.8 Å². The van der Waals surface area contributed by atoms with Crippen molar-refractivity contribution in [2.75, 3.05) is 46.3 Å². The highest BCUT2D eigenvalue weighted by Crippen LogP contribution is 2.32. The molecule has 8 nitrogen and oxygen atoms in total. The van der Waals surface area contributed by atoms with E-state index in [1.165, 1.54) is 11.8 Å². The molecule has 2 aromatic rings. The molecule has 0 unspecified atom stereocenters. The molecule has 27 heavy (non-hydrogen) atoms. The second-order valence-corrected chi connectivity index (χ2v) is 6.84. The maximum absolute atomic E-state index is 12.4. The van der Waals surface area contributed by atoms with Crippen LogP contribution in [0.3, 0.4) is 0 Å². The first kappa shape index (κ1) is 19.5. The van der Waals surface area contributed by atoms with Crippen molar-refractivity contribution in [1.82, 2.24) is 19.7 Å². The SMILES string of the molecule is CCn1c(SCC(=O)N2CCOCC2)nnc1-c1ccc(OC)c(OC)c1. The van der Waals surface area contributed by atoms with Crippen molar-refractivity contribution < 1.29 is 19.0 Å². The fraction of sp³-hybridized carbons (Fsp3) is 0.500. The summed E-state index contributed by atoms with van der Waals surface area (Å²) in [5.41, 5.74) is 0.883. The minimum Gasteiger partial charge on any atom is -0.493 e. The topological polar surface area (TPSA) is 78.7 Å². The summed E-state index contributed by atoms with van der Waals surface area (Å²) in [5.74, 6) is 2.47. The number of rotatable bonds is 7. The third kappa shape index (κ3) is 4.36. The van der Waals surface area contributed by atoms with Crippen LogP contribution in [0.5, 0.6) is 11.5 Å². The summed E-state index contributed by atoms with van der Waals surface area (Å²) in [6.45, 7) is 5.23. The smallest absolute Gasteiger partial charge is 0.233 e. The molecule has 2 heterocycles. The van der Waals surface area contributed by atoms with Gasteiger partial charge in [-0.3, -0.25) is 4.79 Å². The molecule has 0 N–H and O–H groups in total. The second kappa shape index (κ2) is 9.09. The van der Waals surface area contributed by atoms with E-state index in [-0.39, 0.29) is 5.91 Å². The quantitative estimate of drug-likeness (QED) is 0.666. The van der Waals surface area contributed by atoms with Gasteiger partial charge in [0.25, 0.3) is 0 Å². The van der Waals surface area contributed by atoms with E-state index in [9.17, 15) is 4.79 Å². The van der Waals surface area contributed by atoms with Gasteiger partial charge in [-0.25, -0.2) is 0 Å². The molecule has 1 aliphatic rings. The van der Waals surface area contributed by atoms with Gasteiger partial charge in [0.05, 0.1) is 33.2 Å². The summed E-state index contributed by atoms with van der Waals surface area (Å²) in [6.07, 6.45) is 0. The van der Waals surface area contributed by atoms with Gasteiger partial charge in [-0.05, 0) is 25.1 Å². The summed E-state index contributed by atoms with van der Waals surface area (Å²) in [4.78, 5) is 14.2. The maximum atomic E-state index is 12.4. The number of nitrogens with zero attached hydrogens (tertiary/aromatic N) is 4. The molecule has 0 atom stereocenters. The predicted octanol–water partition coefficient (Wildman–Crippen LogP) is 1.93. The molecule has 146 valence electrons. The summed E-state index contributed by atoms with van der Waals surface area (Å²) in [6, 6.07) is 5.64. The summed E-state index contributed by atoms with van der Waals surface area (Å²) in [7, 11) is 3.21. The molecular weight excluding hydrogens is 368 g/mol. The summed E-state index contributed by atoms with van der Waals surface area (Å²) in [5, 5.41) is 9.34. The molecular formula is C18H24N4O4S. The number of methoxy groups -OCH3 is 2. The minimum absolute atomic E-state index is 0.0987.